The second-order valence-corrected chi connectivity index (χ2v) is 21.9. The van der Waals surface area contributed by atoms with Gasteiger partial charge in [-0.05, 0) is 142 Å². The molecule has 51 heavy (non-hydrogen) atoms. The molecule has 6 rings (SSSR count). The van der Waals surface area contributed by atoms with Crippen LogP contribution in [0.15, 0.2) is 24.3 Å². The van der Waals surface area contributed by atoms with Crippen molar-refractivity contribution in [3.05, 3.63) is 57.6 Å². The summed E-state index contributed by atoms with van der Waals surface area (Å²) in [5.41, 5.74) is 7.33. The van der Waals surface area contributed by atoms with E-state index in [9.17, 15) is 10.2 Å². The first-order chi connectivity index (χ1) is 23.6. The fraction of sp³-hybridized carbons (Fsp3) is 0.755. The zero-order valence-corrected chi connectivity index (χ0v) is 35.3. The van der Waals surface area contributed by atoms with Crippen LogP contribution in [0.4, 0.5) is 0 Å². The summed E-state index contributed by atoms with van der Waals surface area (Å²) in [6, 6.07) is 9.29. The van der Waals surface area contributed by atoms with Gasteiger partial charge in [-0.1, -0.05) is 152 Å². The van der Waals surface area contributed by atoms with Gasteiger partial charge in [-0.2, -0.15) is 0 Å². The monoisotopic (exact) mass is 699 g/mol. The van der Waals surface area contributed by atoms with E-state index in [-0.39, 0.29) is 21.7 Å². The van der Waals surface area contributed by atoms with E-state index in [1.165, 1.54) is 107 Å². The lowest BCUT2D eigenvalue weighted by molar-refractivity contribution is 0.153. The molecule has 0 atom stereocenters. The number of hydrogen-bond acceptors (Lipinski definition) is 2. The molecule has 0 bridgehead atoms. The Balaban J connectivity index is 0.000000198. The van der Waals surface area contributed by atoms with Gasteiger partial charge in [0.15, 0.2) is 0 Å². The van der Waals surface area contributed by atoms with Gasteiger partial charge in [0.25, 0.3) is 0 Å². The second-order valence-electron chi connectivity index (χ2n) is 21.9. The lowest BCUT2D eigenvalue weighted by atomic mass is 9.67. The molecule has 0 amide bonds. The van der Waals surface area contributed by atoms with E-state index in [2.05, 4.69) is 107 Å². The fourth-order valence-corrected chi connectivity index (χ4v) is 10.3. The van der Waals surface area contributed by atoms with Crippen LogP contribution in [0.25, 0.3) is 0 Å². The lowest BCUT2D eigenvalue weighted by Gasteiger charge is -2.39. The smallest absolute Gasteiger partial charge is 0.123 e. The number of phenolic OH excluding ortho intramolecular Hbond substituents is 2. The molecule has 4 aliphatic carbocycles. The molecule has 2 heteroatoms. The third-order valence-electron chi connectivity index (χ3n) is 13.9. The minimum atomic E-state index is -0.0266. The Morgan fingerprint density at radius 1 is 0.353 bits per heavy atom. The number of phenols is 2. The first-order valence-corrected chi connectivity index (χ1v) is 21.4. The summed E-state index contributed by atoms with van der Waals surface area (Å²) in [6.45, 7) is 26.6. The van der Waals surface area contributed by atoms with Crippen LogP contribution >= 0.6 is 0 Å². The van der Waals surface area contributed by atoms with E-state index >= 15 is 0 Å². The van der Waals surface area contributed by atoms with Crippen molar-refractivity contribution in [3.8, 4) is 11.5 Å². The van der Waals surface area contributed by atoms with Crippen LogP contribution in [0, 0.1) is 23.7 Å². The number of benzene rings is 2. The van der Waals surface area contributed by atoms with Crippen molar-refractivity contribution in [2.75, 3.05) is 0 Å². The van der Waals surface area contributed by atoms with Gasteiger partial charge in [0.2, 0.25) is 0 Å². The quantitative estimate of drug-likeness (QED) is 0.334. The molecule has 0 radical (unpaired) electrons. The summed E-state index contributed by atoms with van der Waals surface area (Å²) >= 11 is 0. The Bertz CT molecular complexity index is 1370. The standard InChI is InChI=1S/C25H40O.C24H38O/c1-24(2,3)21-15-20(16-22(23(21)26)25(4,5)6)19-13-11-18(12-14-19)17-9-7-8-10-17;1-23(2,3)20-14-19(15-21(22(20)25)24(4,5)6)18-12-10-17(11-13-18)16-8-7-9-16/h15-19,26H,7-14H2,1-6H3;14-18,25H,7-13H2,1-6H3. The zero-order chi connectivity index (χ0) is 37.5. The molecule has 2 nitrogen and oxygen atoms in total. The van der Waals surface area contributed by atoms with E-state index in [0.717, 1.165) is 45.9 Å². The number of rotatable bonds is 4. The Morgan fingerprint density at radius 3 is 0.804 bits per heavy atom. The first kappa shape index (κ1) is 40.2. The maximum absolute atomic E-state index is 11.0. The van der Waals surface area contributed by atoms with Gasteiger partial charge < -0.3 is 10.2 Å². The molecular weight excluding hydrogens is 621 g/mol. The average molecular weight is 699 g/mol. The SMILES string of the molecule is CC(C)(C)c1cc(C2CCC(C3CCC3)CC2)cc(C(C)(C)C)c1O.CC(C)(C)c1cc(C2CCC(C3CCCC3)CC2)cc(C(C)(C)C)c1O. The lowest BCUT2D eigenvalue weighted by Crippen LogP contribution is -2.26. The first-order valence-electron chi connectivity index (χ1n) is 21.4. The van der Waals surface area contributed by atoms with Gasteiger partial charge in [0.1, 0.15) is 11.5 Å². The normalized spacial score (nSPS) is 25.6. The van der Waals surface area contributed by atoms with E-state index in [4.69, 9.17) is 0 Å². The molecule has 0 saturated heterocycles. The third kappa shape index (κ3) is 9.59. The molecule has 2 aromatic rings. The molecule has 2 N–H and O–H groups in total. The van der Waals surface area contributed by atoms with E-state index in [1.807, 2.05) is 0 Å². The molecule has 4 aliphatic rings. The summed E-state index contributed by atoms with van der Waals surface area (Å²) in [5.74, 6) is 6.43. The highest BCUT2D eigenvalue weighted by Gasteiger charge is 2.35. The Kier molecular flexibility index (Phi) is 12.2. The number of hydrogen-bond donors (Lipinski definition) is 2. The topological polar surface area (TPSA) is 40.5 Å². The van der Waals surface area contributed by atoms with E-state index in [1.54, 1.807) is 0 Å². The van der Waals surface area contributed by atoms with Crippen molar-refractivity contribution < 1.29 is 10.2 Å². The van der Waals surface area contributed by atoms with Crippen molar-refractivity contribution in [3.63, 3.8) is 0 Å². The van der Waals surface area contributed by atoms with Crippen LogP contribution in [-0.2, 0) is 21.7 Å². The van der Waals surface area contributed by atoms with Crippen molar-refractivity contribution >= 4 is 0 Å². The van der Waals surface area contributed by atoms with Crippen molar-refractivity contribution in [1.29, 1.82) is 0 Å². The zero-order valence-electron chi connectivity index (χ0n) is 35.3. The molecule has 0 spiro atoms. The van der Waals surface area contributed by atoms with E-state index < -0.39 is 0 Å². The highest BCUT2D eigenvalue weighted by molar-refractivity contribution is 5.52. The van der Waals surface area contributed by atoms with Crippen LogP contribution < -0.4 is 0 Å². The number of aromatic hydroxyl groups is 2. The summed E-state index contributed by atoms with van der Waals surface area (Å²) in [4.78, 5) is 0. The minimum absolute atomic E-state index is 0.0246. The van der Waals surface area contributed by atoms with Gasteiger partial charge in [-0.15, -0.1) is 0 Å². The molecule has 4 saturated carbocycles. The average Bonchev–Trinajstić information content (AvgIpc) is 3.54. The molecule has 286 valence electrons. The highest BCUT2D eigenvalue weighted by atomic mass is 16.3. The van der Waals surface area contributed by atoms with Gasteiger partial charge >= 0.3 is 0 Å². The van der Waals surface area contributed by atoms with Crippen LogP contribution in [0.2, 0.25) is 0 Å². The van der Waals surface area contributed by atoms with Gasteiger partial charge in [-0.3, -0.25) is 0 Å². The second kappa shape index (κ2) is 15.4. The summed E-state index contributed by atoms with van der Waals surface area (Å²) < 4.78 is 0. The van der Waals surface area contributed by atoms with Gasteiger partial charge in [-0.25, -0.2) is 0 Å². The van der Waals surface area contributed by atoms with E-state index in [0.29, 0.717) is 23.3 Å². The van der Waals surface area contributed by atoms with Gasteiger partial charge in [0, 0.05) is 0 Å². The summed E-state index contributed by atoms with van der Waals surface area (Å²) in [7, 11) is 0. The maximum atomic E-state index is 11.0. The largest absolute Gasteiger partial charge is 0.507 e. The molecule has 0 heterocycles. The molecule has 0 aliphatic heterocycles. The molecular formula is C49H78O2. The van der Waals surface area contributed by atoms with Crippen molar-refractivity contribution in [1.82, 2.24) is 0 Å². The maximum Gasteiger partial charge on any atom is 0.123 e. The minimum Gasteiger partial charge on any atom is -0.507 e. The third-order valence-corrected chi connectivity index (χ3v) is 13.9. The molecule has 0 unspecified atom stereocenters. The van der Waals surface area contributed by atoms with Crippen molar-refractivity contribution in [2.45, 2.75) is 213 Å². The Labute approximate surface area is 315 Å². The Morgan fingerprint density at radius 2 is 0.588 bits per heavy atom. The van der Waals surface area contributed by atoms with Crippen LogP contribution in [0.1, 0.15) is 225 Å². The predicted octanol–water partition coefficient (Wildman–Crippen LogP) is 14.5. The molecule has 0 aromatic heterocycles. The molecule has 4 fully saturated rings. The van der Waals surface area contributed by atoms with Crippen LogP contribution in [0.3, 0.4) is 0 Å². The summed E-state index contributed by atoms with van der Waals surface area (Å²) in [5, 5.41) is 21.9. The highest BCUT2D eigenvalue weighted by Crippen LogP contribution is 2.49. The Hall–Kier alpha value is -1.96. The predicted molar refractivity (Wildman–Crippen MR) is 220 cm³/mol. The fourth-order valence-electron chi connectivity index (χ4n) is 10.3. The van der Waals surface area contributed by atoms with Gasteiger partial charge in [0.05, 0.1) is 0 Å². The summed E-state index contributed by atoms with van der Waals surface area (Å²) in [6.07, 6.45) is 21.3. The van der Waals surface area contributed by atoms with Crippen molar-refractivity contribution in [2.24, 2.45) is 23.7 Å². The van der Waals surface area contributed by atoms with Crippen LogP contribution in [-0.4, -0.2) is 10.2 Å². The van der Waals surface area contributed by atoms with Crippen LogP contribution in [0.5, 0.6) is 11.5 Å². The molecule has 2 aromatic carbocycles.